The molecule has 0 saturated heterocycles. The van der Waals surface area contributed by atoms with E-state index < -0.39 is 0 Å². The second-order valence-electron chi connectivity index (χ2n) is 5.95. The molecule has 4 heteroatoms. The van der Waals surface area contributed by atoms with Gasteiger partial charge in [-0.1, -0.05) is 26.8 Å². The third-order valence-electron chi connectivity index (χ3n) is 3.97. The van der Waals surface area contributed by atoms with Gasteiger partial charge in [0.15, 0.2) is 0 Å². The number of rotatable bonds is 5. The lowest BCUT2D eigenvalue weighted by molar-refractivity contribution is -0.118. The number of carbonyl (C=O) groups is 1. The Balaban J connectivity index is 2.32. The number of nitrogens with two attached hydrogens (primary N) is 1. The van der Waals surface area contributed by atoms with Gasteiger partial charge in [-0.3, -0.25) is 4.79 Å². The molecule has 1 amide bonds. The maximum absolute atomic E-state index is 12.3. The summed E-state index contributed by atoms with van der Waals surface area (Å²) in [6.07, 6.45) is 2.46. The van der Waals surface area contributed by atoms with Crippen molar-refractivity contribution in [1.29, 1.82) is 0 Å². The number of aryl methyl sites for hydroxylation is 1. The van der Waals surface area contributed by atoms with Crippen LogP contribution in [0.25, 0.3) is 0 Å². The molecule has 0 spiro atoms. The molecule has 2 N–H and O–H groups in total. The Hall–Kier alpha value is -1.55. The van der Waals surface area contributed by atoms with Gasteiger partial charge < -0.3 is 15.4 Å². The van der Waals surface area contributed by atoms with E-state index in [1.54, 1.807) is 0 Å². The summed E-state index contributed by atoms with van der Waals surface area (Å²) in [7, 11) is 0. The molecule has 21 heavy (non-hydrogen) atoms. The molecule has 0 saturated carbocycles. The third-order valence-corrected chi connectivity index (χ3v) is 3.97. The fourth-order valence-electron chi connectivity index (χ4n) is 2.59. The average Bonchev–Trinajstić information content (AvgIpc) is 2.50. The van der Waals surface area contributed by atoms with Gasteiger partial charge in [0.25, 0.3) is 0 Å². The van der Waals surface area contributed by atoms with Gasteiger partial charge in [-0.15, -0.1) is 0 Å². The fraction of sp³-hybridized carbons (Fsp3) is 0.588. The molecular weight excluding hydrogens is 264 g/mol. The van der Waals surface area contributed by atoms with Crippen molar-refractivity contribution < 1.29 is 9.53 Å². The Kier molecular flexibility index (Phi) is 5.23. The Bertz CT molecular complexity index is 500. The van der Waals surface area contributed by atoms with Crippen molar-refractivity contribution in [1.82, 2.24) is 0 Å². The van der Waals surface area contributed by atoms with Crippen LogP contribution in [0.5, 0.6) is 5.75 Å². The van der Waals surface area contributed by atoms with Crippen LogP contribution in [-0.2, 0) is 11.2 Å². The molecule has 0 bridgehead atoms. The number of hydrogen-bond donors (Lipinski definition) is 1. The Labute approximate surface area is 127 Å². The largest absolute Gasteiger partial charge is 0.486 e. The summed E-state index contributed by atoms with van der Waals surface area (Å²) in [6, 6.07) is 6.15. The first-order valence-corrected chi connectivity index (χ1v) is 7.86. The average molecular weight is 290 g/mol. The molecule has 1 atom stereocenters. The van der Waals surface area contributed by atoms with E-state index in [1.807, 2.05) is 17.9 Å². The minimum Gasteiger partial charge on any atom is -0.486 e. The van der Waals surface area contributed by atoms with Gasteiger partial charge >= 0.3 is 0 Å². The normalized spacial score (nSPS) is 17.6. The minimum absolute atomic E-state index is 0.0582. The number of fused-ring (bicyclic) bond motifs is 1. The summed E-state index contributed by atoms with van der Waals surface area (Å²) in [6.45, 7) is 7.47. The summed E-state index contributed by atoms with van der Waals surface area (Å²) in [5.41, 5.74) is 7.69. The lowest BCUT2D eigenvalue weighted by atomic mass is 10.0. The van der Waals surface area contributed by atoms with Crippen molar-refractivity contribution in [2.45, 2.75) is 46.1 Å². The highest BCUT2D eigenvalue weighted by Gasteiger charge is 2.30. The smallest absolute Gasteiger partial charge is 0.226 e. The van der Waals surface area contributed by atoms with E-state index in [4.69, 9.17) is 10.5 Å². The third kappa shape index (κ3) is 3.56. The number of amides is 1. The van der Waals surface area contributed by atoms with Crippen LogP contribution in [0.2, 0.25) is 0 Å². The molecule has 0 aliphatic carbocycles. The van der Waals surface area contributed by atoms with Crippen LogP contribution in [0.3, 0.4) is 0 Å². The van der Waals surface area contributed by atoms with Gasteiger partial charge in [-0.25, -0.2) is 0 Å². The molecule has 0 aromatic heterocycles. The zero-order valence-electron chi connectivity index (χ0n) is 13.3. The summed E-state index contributed by atoms with van der Waals surface area (Å²) in [5.74, 6) is 1.35. The number of anilines is 1. The van der Waals surface area contributed by atoms with E-state index in [0.717, 1.165) is 24.3 Å². The first-order chi connectivity index (χ1) is 10.1. The molecule has 1 aromatic carbocycles. The minimum atomic E-state index is 0.0582. The molecule has 1 unspecified atom stereocenters. The monoisotopic (exact) mass is 290 g/mol. The van der Waals surface area contributed by atoms with Gasteiger partial charge in [0.1, 0.15) is 11.9 Å². The molecule has 116 valence electrons. The first-order valence-electron chi connectivity index (χ1n) is 7.86. The standard InChI is InChI=1S/C17H26N2O2/c1-4-17(20)19-11-16(12(2)3)21-15-8-7-13(6-5-9-18)10-14(15)19/h7-8,10,12,16H,4-6,9,11,18H2,1-3H3. The van der Waals surface area contributed by atoms with E-state index in [-0.39, 0.29) is 12.0 Å². The van der Waals surface area contributed by atoms with Gasteiger partial charge in [0, 0.05) is 6.42 Å². The van der Waals surface area contributed by atoms with Crippen LogP contribution in [-0.4, -0.2) is 25.1 Å². The molecule has 1 aromatic rings. The van der Waals surface area contributed by atoms with Gasteiger partial charge in [-0.2, -0.15) is 0 Å². The summed E-state index contributed by atoms with van der Waals surface area (Å²) >= 11 is 0. The zero-order chi connectivity index (χ0) is 15.4. The van der Waals surface area contributed by atoms with Gasteiger partial charge in [-0.05, 0) is 43.0 Å². The number of ether oxygens (including phenoxy) is 1. The Morgan fingerprint density at radius 3 is 2.86 bits per heavy atom. The molecule has 1 heterocycles. The predicted molar refractivity (Wildman–Crippen MR) is 85.7 cm³/mol. The van der Waals surface area contributed by atoms with Gasteiger partial charge in [0.2, 0.25) is 5.91 Å². The zero-order valence-corrected chi connectivity index (χ0v) is 13.3. The molecule has 4 nitrogen and oxygen atoms in total. The number of carbonyl (C=O) groups excluding carboxylic acids is 1. The maximum atomic E-state index is 12.3. The van der Waals surface area contributed by atoms with Crippen LogP contribution < -0.4 is 15.4 Å². The second kappa shape index (κ2) is 6.94. The summed E-state index contributed by atoms with van der Waals surface area (Å²) in [5, 5.41) is 0. The van der Waals surface area contributed by atoms with Crippen molar-refractivity contribution in [3.8, 4) is 5.75 Å². The predicted octanol–water partition coefficient (Wildman–Crippen LogP) is 2.74. The van der Waals surface area contributed by atoms with Crippen LogP contribution in [0, 0.1) is 5.92 Å². The van der Waals surface area contributed by atoms with E-state index in [9.17, 15) is 4.79 Å². The SMILES string of the molecule is CCC(=O)N1CC(C(C)C)Oc2ccc(CCCN)cc21. The number of hydrogen-bond acceptors (Lipinski definition) is 3. The second-order valence-corrected chi connectivity index (χ2v) is 5.95. The molecule has 0 fully saturated rings. The molecular formula is C17H26N2O2. The Morgan fingerprint density at radius 1 is 1.48 bits per heavy atom. The maximum Gasteiger partial charge on any atom is 0.226 e. The number of nitrogens with zero attached hydrogens (tertiary/aromatic N) is 1. The van der Waals surface area contributed by atoms with Crippen molar-refractivity contribution in [2.75, 3.05) is 18.0 Å². The fourth-order valence-corrected chi connectivity index (χ4v) is 2.59. The van der Waals surface area contributed by atoms with Crippen molar-refractivity contribution in [3.63, 3.8) is 0 Å². The van der Waals surface area contributed by atoms with E-state index in [2.05, 4.69) is 26.0 Å². The number of benzene rings is 1. The van der Waals surface area contributed by atoms with Crippen molar-refractivity contribution in [2.24, 2.45) is 11.7 Å². The van der Waals surface area contributed by atoms with E-state index in [0.29, 0.717) is 25.4 Å². The van der Waals surface area contributed by atoms with Crippen LogP contribution in [0.1, 0.15) is 39.2 Å². The van der Waals surface area contributed by atoms with Gasteiger partial charge in [0.05, 0.1) is 12.2 Å². The van der Waals surface area contributed by atoms with Crippen molar-refractivity contribution in [3.05, 3.63) is 23.8 Å². The quantitative estimate of drug-likeness (QED) is 0.907. The first kappa shape index (κ1) is 15.8. The highest BCUT2D eigenvalue weighted by molar-refractivity contribution is 5.95. The highest BCUT2D eigenvalue weighted by atomic mass is 16.5. The van der Waals surface area contributed by atoms with E-state index in [1.165, 1.54) is 5.56 Å². The van der Waals surface area contributed by atoms with Crippen LogP contribution in [0.4, 0.5) is 5.69 Å². The lowest BCUT2D eigenvalue weighted by Crippen LogP contribution is -2.45. The topological polar surface area (TPSA) is 55.6 Å². The van der Waals surface area contributed by atoms with Crippen LogP contribution >= 0.6 is 0 Å². The molecule has 1 aliphatic heterocycles. The summed E-state index contributed by atoms with van der Waals surface area (Å²) < 4.78 is 6.06. The van der Waals surface area contributed by atoms with Crippen molar-refractivity contribution >= 4 is 11.6 Å². The highest BCUT2D eigenvalue weighted by Crippen LogP contribution is 2.36. The summed E-state index contributed by atoms with van der Waals surface area (Å²) in [4.78, 5) is 14.2. The molecule has 2 rings (SSSR count). The Morgan fingerprint density at radius 2 is 2.24 bits per heavy atom. The molecule has 0 radical (unpaired) electrons. The lowest BCUT2D eigenvalue weighted by Gasteiger charge is -2.37. The van der Waals surface area contributed by atoms with E-state index >= 15 is 0 Å². The molecule has 1 aliphatic rings. The van der Waals surface area contributed by atoms with Crippen LogP contribution in [0.15, 0.2) is 18.2 Å².